The molecule has 0 bridgehead atoms. The number of aromatic hydroxyl groups is 1. The minimum Gasteiger partial charge on any atom is -0.508 e. The highest BCUT2D eigenvalue weighted by Gasteiger charge is 2.19. The minimum absolute atomic E-state index is 0.0591. The molecule has 3 N–H and O–H groups in total. The molecule has 2 aromatic rings. The van der Waals surface area contributed by atoms with E-state index in [1.165, 1.54) is 24.3 Å². The van der Waals surface area contributed by atoms with Crippen molar-refractivity contribution in [3.8, 4) is 11.8 Å². The van der Waals surface area contributed by atoms with E-state index in [1.807, 2.05) is 0 Å². The van der Waals surface area contributed by atoms with Gasteiger partial charge in [0.1, 0.15) is 17.4 Å². The first kappa shape index (κ1) is 15.1. The van der Waals surface area contributed by atoms with Crippen molar-refractivity contribution in [1.82, 2.24) is 0 Å². The number of carbonyl (C=O) groups excluding carboxylic acids is 1. The molecular formula is C15H12N2O5. The van der Waals surface area contributed by atoms with Gasteiger partial charge in [0.15, 0.2) is 5.57 Å². The molecule has 1 heterocycles. The molecule has 22 heavy (non-hydrogen) atoms. The molecule has 2 rings (SSSR count). The molecule has 0 aliphatic heterocycles. The molecule has 112 valence electrons. The fourth-order valence-electron chi connectivity index (χ4n) is 1.84. The lowest BCUT2D eigenvalue weighted by molar-refractivity contribution is -0.137. The van der Waals surface area contributed by atoms with Gasteiger partial charge < -0.3 is 20.0 Å². The summed E-state index contributed by atoms with van der Waals surface area (Å²) >= 11 is 0. The van der Waals surface area contributed by atoms with Crippen molar-refractivity contribution in [3.05, 3.63) is 45.8 Å². The lowest BCUT2D eigenvalue weighted by atomic mass is 10.1. The average Bonchev–Trinajstić information content (AvgIpc) is 2.47. The van der Waals surface area contributed by atoms with Gasteiger partial charge in [0.25, 0.3) is 0 Å². The van der Waals surface area contributed by atoms with Gasteiger partial charge in [0.2, 0.25) is 0 Å². The Kier molecular flexibility index (Phi) is 4.13. The number of benzene rings is 1. The molecule has 0 amide bonds. The second kappa shape index (κ2) is 6.01. The highest BCUT2D eigenvalue weighted by molar-refractivity contribution is 6.01. The Morgan fingerprint density at radius 2 is 2.18 bits per heavy atom. The van der Waals surface area contributed by atoms with Crippen LogP contribution in [0.2, 0.25) is 0 Å². The molecule has 0 fully saturated rings. The molecule has 0 unspecified atom stereocenters. The monoisotopic (exact) mass is 300 g/mol. The third-order valence-electron chi connectivity index (χ3n) is 2.87. The van der Waals surface area contributed by atoms with E-state index in [2.05, 4.69) is 0 Å². The second-order valence-corrected chi connectivity index (χ2v) is 4.29. The molecule has 0 aliphatic carbocycles. The third kappa shape index (κ3) is 2.76. The Bertz CT molecular complexity index is 874. The average molecular weight is 300 g/mol. The Morgan fingerprint density at radius 1 is 1.45 bits per heavy atom. The highest BCUT2D eigenvalue weighted by atomic mass is 16.5. The maximum atomic E-state index is 12.0. The topological polar surface area (TPSA) is 127 Å². The van der Waals surface area contributed by atoms with E-state index in [9.17, 15) is 14.7 Å². The summed E-state index contributed by atoms with van der Waals surface area (Å²) in [4.78, 5) is 23.6. The molecule has 7 nitrogen and oxygen atoms in total. The molecule has 0 aliphatic rings. The largest absolute Gasteiger partial charge is 0.508 e. The number of nitriles is 1. The van der Waals surface area contributed by atoms with Crippen LogP contribution in [-0.2, 0) is 9.53 Å². The van der Waals surface area contributed by atoms with Gasteiger partial charge in [-0.3, -0.25) is 0 Å². The number of nitrogens with two attached hydrogens (primary N) is 1. The van der Waals surface area contributed by atoms with E-state index in [0.29, 0.717) is 5.39 Å². The molecule has 7 heteroatoms. The number of ether oxygens (including phenoxy) is 1. The van der Waals surface area contributed by atoms with Crippen LogP contribution in [0, 0.1) is 11.3 Å². The van der Waals surface area contributed by atoms with Crippen LogP contribution in [0.3, 0.4) is 0 Å². The normalized spacial score (nSPS) is 11.6. The van der Waals surface area contributed by atoms with Crippen molar-refractivity contribution in [2.75, 3.05) is 6.61 Å². The van der Waals surface area contributed by atoms with Crippen LogP contribution in [0.1, 0.15) is 12.5 Å². The number of phenolic OH excluding ortho intramolecular Hbond substituents is 1. The number of phenols is 1. The number of esters is 1. The van der Waals surface area contributed by atoms with Crippen molar-refractivity contribution >= 4 is 22.6 Å². The molecule has 0 radical (unpaired) electrons. The number of nitrogens with zero attached hydrogens (tertiary/aromatic N) is 1. The first-order valence-corrected chi connectivity index (χ1v) is 6.32. The molecule has 0 saturated carbocycles. The van der Waals surface area contributed by atoms with Gasteiger partial charge in [0, 0.05) is 11.5 Å². The number of hydrogen-bond acceptors (Lipinski definition) is 7. The van der Waals surface area contributed by atoms with Gasteiger partial charge in [-0.1, -0.05) is 0 Å². The van der Waals surface area contributed by atoms with Gasteiger partial charge in [-0.15, -0.1) is 0 Å². The van der Waals surface area contributed by atoms with E-state index in [4.69, 9.17) is 20.1 Å². The Labute approximate surface area is 124 Å². The molecule has 0 saturated heterocycles. The zero-order valence-corrected chi connectivity index (χ0v) is 11.6. The molecule has 0 atom stereocenters. The van der Waals surface area contributed by atoms with Crippen molar-refractivity contribution < 1.29 is 19.1 Å². The van der Waals surface area contributed by atoms with Crippen LogP contribution >= 0.6 is 0 Å². The zero-order chi connectivity index (χ0) is 16.3. The maximum absolute atomic E-state index is 12.0. The number of hydrogen-bond donors (Lipinski definition) is 2. The Balaban J connectivity index is 2.65. The van der Waals surface area contributed by atoms with Crippen molar-refractivity contribution in [3.63, 3.8) is 0 Å². The summed E-state index contributed by atoms with van der Waals surface area (Å²) < 4.78 is 9.75. The first-order valence-electron chi connectivity index (χ1n) is 6.32. The number of carbonyl (C=O) groups is 1. The van der Waals surface area contributed by atoms with Crippen LogP contribution in [-0.4, -0.2) is 17.7 Å². The van der Waals surface area contributed by atoms with Crippen molar-refractivity contribution in [2.24, 2.45) is 5.73 Å². The fourth-order valence-corrected chi connectivity index (χ4v) is 1.84. The summed E-state index contributed by atoms with van der Waals surface area (Å²) in [5.74, 6) is -0.969. The quantitative estimate of drug-likeness (QED) is 0.378. The second-order valence-electron chi connectivity index (χ2n) is 4.29. The predicted molar refractivity (Wildman–Crippen MR) is 77.5 cm³/mol. The summed E-state index contributed by atoms with van der Waals surface area (Å²) in [5, 5.41) is 18.9. The van der Waals surface area contributed by atoms with Crippen molar-refractivity contribution in [2.45, 2.75) is 6.92 Å². The Morgan fingerprint density at radius 3 is 2.82 bits per heavy atom. The van der Waals surface area contributed by atoms with Gasteiger partial charge >= 0.3 is 11.6 Å². The molecular weight excluding hydrogens is 288 g/mol. The SMILES string of the molecule is CCOC(=O)/C(C#N)=C(\N)c1cc2ccc(O)cc2oc1=O. The standard InChI is InChI=1S/C15H12N2O5/c1-2-21-14(19)11(7-16)13(17)10-5-8-3-4-9(18)6-12(8)22-15(10)20/h3-6,18H,2,17H2,1H3/b13-11-. The van der Waals surface area contributed by atoms with E-state index in [-0.39, 0.29) is 29.2 Å². The first-order chi connectivity index (χ1) is 10.5. The molecule has 0 spiro atoms. The number of rotatable bonds is 3. The zero-order valence-electron chi connectivity index (χ0n) is 11.6. The summed E-state index contributed by atoms with van der Waals surface area (Å²) in [6, 6.07) is 7.21. The summed E-state index contributed by atoms with van der Waals surface area (Å²) in [7, 11) is 0. The molecule has 1 aromatic heterocycles. The smallest absolute Gasteiger partial charge is 0.351 e. The Hall–Kier alpha value is -3.27. The van der Waals surface area contributed by atoms with Gasteiger partial charge in [-0.05, 0) is 25.1 Å². The lowest BCUT2D eigenvalue weighted by Crippen LogP contribution is -2.17. The van der Waals surface area contributed by atoms with Crippen molar-refractivity contribution in [1.29, 1.82) is 5.26 Å². The van der Waals surface area contributed by atoms with Crippen LogP contribution in [0.4, 0.5) is 0 Å². The fraction of sp³-hybridized carbons (Fsp3) is 0.133. The van der Waals surface area contributed by atoms with E-state index in [1.54, 1.807) is 13.0 Å². The minimum atomic E-state index is -0.910. The van der Waals surface area contributed by atoms with Gasteiger partial charge in [-0.2, -0.15) is 5.26 Å². The molecule has 1 aromatic carbocycles. The summed E-state index contributed by atoms with van der Waals surface area (Å²) in [6.07, 6.45) is 0. The van der Waals surface area contributed by atoms with Crippen LogP contribution in [0.25, 0.3) is 16.7 Å². The maximum Gasteiger partial charge on any atom is 0.351 e. The lowest BCUT2D eigenvalue weighted by Gasteiger charge is -2.06. The summed E-state index contributed by atoms with van der Waals surface area (Å²) in [5.41, 5.74) is 4.18. The highest BCUT2D eigenvalue weighted by Crippen LogP contribution is 2.21. The number of fused-ring (bicyclic) bond motifs is 1. The van der Waals surface area contributed by atoms with Gasteiger partial charge in [0.05, 0.1) is 17.9 Å². The predicted octanol–water partition coefficient (Wildman–Crippen LogP) is 1.26. The van der Waals surface area contributed by atoms with E-state index < -0.39 is 17.2 Å². The van der Waals surface area contributed by atoms with Crippen LogP contribution < -0.4 is 11.4 Å². The third-order valence-corrected chi connectivity index (χ3v) is 2.87. The van der Waals surface area contributed by atoms with Gasteiger partial charge in [-0.25, -0.2) is 9.59 Å². The van der Waals surface area contributed by atoms with Crippen LogP contribution in [0.5, 0.6) is 5.75 Å². The summed E-state index contributed by atoms with van der Waals surface area (Å²) in [6.45, 7) is 1.66. The van der Waals surface area contributed by atoms with E-state index >= 15 is 0 Å². The van der Waals surface area contributed by atoms with Crippen LogP contribution in [0.15, 0.2) is 39.1 Å². The van der Waals surface area contributed by atoms with E-state index in [0.717, 1.165) is 0 Å².